The number of rotatable bonds is 3. The Morgan fingerprint density at radius 1 is 1.29 bits per heavy atom. The summed E-state index contributed by atoms with van der Waals surface area (Å²) >= 11 is 3.30. The van der Waals surface area contributed by atoms with Gasteiger partial charge in [-0.05, 0) is 36.6 Å². The van der Waals surface area contributed by atoms with Gasteiger partial charge in [0.25, 0.3) is 0 Å². The first kappa shape index (κ1) is 16.1. The predicted molar refractivity (Wildman–Crippen MR) is 97.9 cm³/mol. The lowest BCUT2D eigenvalue weighted by Crippen LogP contribution is -2.41. The van der Waals surface area contributed by atoms with Crippen LogP contribution in [0.15, 0.2) is 17.5 Å². The number of nitrogens with zero attached hydrogens (tertiary/aromatic N) is 4. The average Bonchev–Trinajstić information content (AvgIpc) is 3.20. The summed E-state index contributed by atoms with van der Waals surface area (Å²) in [5.74, 6) is 2.27. The van der Waals surface area contributed by atoms with Gasteiger partial charge in [-0.15, -0.1) is 16.4 Å². The summed E-state index contributed by atoms with van der Waals surface area (Å²) < 4.78 is 1.58. The molecule has 24 heavy (non-hydrogen) atoms. The molecule has 1 aliphatic heterocycles. The van der Waals surface area contributed by atoms with Crippen LogP contribution in [0.2, 0.25) is 0 Å². The summed E-state index contributed by atoms with van der Waals surface area (Å²) in [5, 5.41) is 17.2. The van der Waals surface area contributed by atoms with Crippen LogP contribution in [-0.4, -0.2) is 37.7 Å². The SMILES string of the molecule is Cc1nc2sc([C@H](c3cccs3)N3C[C@H](C)C[C@@H](C)C3)c(O)n2n1. The van der Waals surface area contributed by atoms with Gasteiger partial charge in [-0.2, -0.15) is 4.52 Å². The van der Waals surface area contributed by atoms with Crippen LogP contribution in [0.5, 0.6) is 5.88 Å². The van der Waals surface area contributed by atoms with Crippen molar-refractivity contribution in [2.24, 2.45) is 11.8 Å². The summed E-state index contributed by atoms with van der Waals surface area (Å²) in [6.07, 6.45) is 1.27. The Bertz CT molecular complexity index is 828. The fraction of sp³-hybridized carbons (Fsp3) is 0.529. The van der Waals surface area contributed by atoms with E-state index in [4.69, 9.17) is 0 Å². The molecule has 1 N–H and O–H groups in total. The van der Waals surface area contributed by atoms with Crippen LogP contribution in [0.1, 0.15) is 41.9 Å². The summed E-state index contributed by atoms with van der Waals surface area (Å²) in [6, 6.07) is 4.34. The average molecular weight is 363 g/mol. The van der Waals surface area contributed by atoms with Crippen molar-refractivity contribution >= 4 is 27.6 Å². The van der Waals surface area contributed by atoms with Gasteiger partial charge in [0.1, 0.15) is 5.82 Å². The van der Waals surface area contributed by atoms with Crippen molar-refractivity contribution in [1.82, 2.24) is 19.5 Å². The summed E-state index contributed by atoms with van der Waals surface area (Å²) in [5.41, 5.74) is 0. The normalized spacial score (nSPS) is 23.8. The van der Waals surface area contributed by atoms with E-state index in [0.29, 0.717) is 17.7 Å². The zero-order chi connectivity index (χ0) is 16.8. The van der Waals surface area contributed by atoms with E-state index in [0.717, 1.165) is 22.9 Å². The van der Waals surface area contributed by atoms with Gasteiger partial charge in [-0.3, -0.25) is 4.90 Å². The van der Waals surface area contributed by atoms with Crippen LogP contribution in [0.3, 0.4) is 0 Å². The van der Waals surface area contributed by atoms with Crippen LogP contribution in [0.25, 0.3) is 4.96 Å². The highest BCUT2D eigenvalue weighted by atomic mass is 32.1. The molecular formula is C17H22N4OS2. The molecule has 0 bridgehead atoms. The summed E-state index contributed by atoms with van der Waals surface area (Å²) in [4.78, 5) is 9.93. The molecule has 3 atom stereocenters. The van der Waals surface area contributed by atoms with E-state index in [2.05, 4.69) is 46.3 Å². The lowest BCUT2D eigenvalue weighted by atomic mass is 9.90. The molecule has 7 heteroatoms. The van der Waals surface area contributed by atoms with Crippen molar-refractivity contribution in [3.63, 3.8) is 0 Å². The number of fused-ring (bicyclic) bond motifs is 1. The highest BCUT2D eigenvalue weighted by Crippen LogP contribution is 2.43. The molecule has 5 nitrogen and oxygen atoms in total. The van der Waals surface area contributed by atoms with Crippen molar-refractivity contribution in [2.45, 2.75) is 33.2 Å². The second-order valence-electron chi connectivity index (χ2n) is 6.96. The van der Waals surface area contributed by atoms with Crippen LogP contribution in [0.4, 0.5) is 0 Å². The third kappa shape index (κ3) is 2.74. The molecule has 3 aromatic heterocycles. The predicted octanol–water partition coefficient (Wildman–Crippen LogP) is 3.93. The molecule has 3 aromatic rings. The molecule has 0 radical (unpaired) electrons. The van der Waals surface area contributed by atoms with Gasteiger partial charge in [0.2, 0.25) is 10.8 Å². The fourth-order valence-electron chi connectivity index (χ4n) is 3.87. The van der Waals surface area contributed by atoms with Gasteiger partial charge in [-0.1, -0.05) is 31.3 Å². The quantitative estimate of drug-likeness (QED) is 0.767. The number of aromatic hydroxyl groups is 1. The molecule has 0 amide bonds. The lowest BCUT2D eigenvalue weighted by Gasteiger charge is -2.39. The topological polar surface area (TPSA) is 53.7 Å². The number of hydrogen-bond donors (Lipinski definition) is 1. The zero-order valence-electron chi connectivity index (χ0n) is 14.1. The summed E-state index contributed by atoms with van der Waals surface area (Å²) in [6.45, 7) is 8.60. The first-order valence-electron chi connectivity index (χ1n) is 8.35. The summed E-state index contributed by atoms with van der Waals surface area (Å²) in [7, 11) is 0. The van der Waals surface area contributed by atoms with Crippen molar-refractivity contribution in [3.05, 3.63) is 33.1 Å². The molecule has 4 rings (SSSR count). The molecule has 4 heterocycles. The van der Waals surface area contributed by atoms with Crippen LogP contribution >= 0.6 is 22.7 Å². The minimum absolute atomic E-state index is 0.0870. The number of likely N-dealkylation sites (tertiary alicyclic amines) is 1. The van der Waals surface area contributed by atoms with E-state index in [1.807, 2.05) is 6.92 Å². The Hall–Kier alpha value is -1.44. The third-order valence-corrected chi connectivity index (χ3v) is 6.63. The van der Waals surface area contributed by atoms with E-state index in [1.165, 1.54) is 11.3 Å². The molecule has 1 saturated heterocycles. The standard InChI is InChI=1S/C17H22N4OS2/c1-10-7-11(2)9-20(8-10)14(13-5-4-6-23-13)15-16(22)21-17(24-15)18-12(3)19-21/h4-6,10-11,14,22H,7-9H2,1-3H3/t10-,11-,14+/m1/s1. The highest BCUT2D eigenvalue weighted by molar-refractivity contribution is 7.17. The van der Waals surface area contributed by atoms with E-state index in [1.54, 1.807) is 27.2 Å². The molecule has 128 valence electrons. The van der Waals surface area contributed by atoms with Crippen molar-refractivity contribution in [2.75, 3.05) is 13.1 Å². The smallest absolute Gasteiger partial charge is 0.230 e. The van der Waals surface area contributed by atoms with Crippen LogP contribution in [0, 0.1) is 18.8 Å². The molecule has 0 saturated carbocycles. The maximum atomic E-state index is 10.8. The van der Waals surface area contributed by atoms with Crippen molar-refractivity contribution < 1.29 is 5.11 Å². The van der Waals surface area contributed by atoms with Gasteiger partial charge < -0.3 is 5.11 Å². The third-order valence-electron chi connectivity index (χ3n) is 4.63. The largest absolute Gasteiger partial charge is 0.492 e. The Morgan fingerprint density at radius 2 is 2.04 bits per heavy atom. The number of thiophene rings is 1. The Morgan fingerprint density at radius 3 is 2.67 bits per heavy atom. The molecule has 0 unspecified atom stereocenters. The minimum atomic E-state index is 0.0870. The first-order valence-corrected chi connectivity index (χ1v) is 10.0. The lowest BCUT2D eigenvalue weighted by molar-refractivity contribution is 0.113. The number of piperidine rings is 1. The molecule has 0 aliphatic carbocycles. The Kier molecular flexibility index (Phi) is 4.10. The fourth-order valence-corrected chi connectivity index (χ4v) is 5.97. The maximum absolute atomic E-state index is 10.8. The zero-order valence-corrected chi connectivity index (χ0v) is 15.8. The highest BCUT2D eigenvalue weighted by Gasteiger charge is 2.34. The first-order chi connectivity index (χ1) is 11.5. The van der Waals surface area contributed by atoms with Crippen molar-refractivity contribution in [3.8, 4) is 5.88 Å². The second-order valence-corrected chi connectivity index (χ2v) is 8.95. The van der Waals surface area contributed by atoms with E-state index in [9.17, 15) is 5.11 Å². The Labute approximate surface area is 149 Å². The number of aromatic nitrogens is 3. The van der Waals surface area contributed by atoms with E-state index < -0.39 is 0 Å². The van der Waals surface area contributed by atoms with Gasteiger partial charge in [0.15, 0.2) is 0 Å². The molecule has 1 aliphatic rings. The molecule has 0 aromatic carbocycles. The number of thiazole rings is 1. The minimum Gasteiger partial charge on any atom is -0.492 e. The molecule has 1 fully saturated rings. The van der Waals surface area contributed by atoms with E-state index >= 15 is 0 Å². The number of hydrogen-bond acceptors (Lipinski definition) is 6. The number of aryl methyl sites for hydroxylation is 1. The Balaban J connectivity index is 1.80. The molecule has 0 spiro atoms. The van der Waals surface area contributed by atoms with E-state index in [-0.39, 0.29) is 11.9 Å². The van der Waals surface area contributed by atoms with Gasteiger partial charge >= 0.3 is 0 Å². The van der Waals surface area contributed by atoms with Gasteiger partial charge in [0, 0.05) is 18.0 Å². The van der Waals surface area contributed by atoms with Crippen LogP contribution in [-0.2, 0) is 0 Å². The monoisotopic (exact) mass is 362 g/mol. The van der Waals surface area contributed by atoms with Gasteiger partial charge in [-0.25, -0.2) is 4.98 Å². The second kappa shape index (κ2) is 6.13. The maximum Gasteiger partial charge on any atom is 0.230 e. The molecular weight excluding hydrogens is 340 g/mol. The van der Waals surface area contributed by atoms with Gasteiger partial charge in [0.05, 0.1) is 10.9 Å². The van der Waals surface area contributed by atoms with Crippen molar-refractivity contribution in [1.29, 1.82) is 0 Å². The van der Waals surface area contributed by atoms with Crippen LogP contribution < -0.4 is 0 Å².